The molecule has 1 amide bonds. The second kappa shape index (κ2) is 5.28. The maximum absolute atomic E-state index is 12.0. The van der Waals surface area contributed by atoms with Crippen molar-refractivity contribution in [3.63, 3.8) is 0 Å². The number of aromatic nitrogens is 2. The summed E-state index contributed by atoms with van der Waals surface area (Å²) >= 11 is 0. The Balaban J connectivity index is 1.67. The van der Waals surface area contributed by atoms with E-state index in [2.05, 4.69) is 9.97 Å². The predicted molar refractivity (Wildman–Crippen MR) is 73.6 cm³/mol. The summed E-state index contributed by atoms with van der Waals surface area (Å²) in [6.45, 7) is 0.469. The van der Waals surface area contributed by atoms with E-state index in [1.807, 2.05) is 30.3 Å². The molecule has 3 rings (SSSR count). The Morgan fingerprint density at radius 3 is 2.67 bits per heavy atom. The van der Waals surface area contributed by atoms with Crippen molar-refractivity contribution in [2.45, 2.75) is 19.7 Å². The van der Waals surface area contributed by atoms with E-state index in [9.17, 15) is 14.4 Å². The van der Waals surface area contributed by atoms with Gasteiger partial charge in [-0.2, -0.15) is 0 Å². The number of ether oxygens (including phenoxy) is 1. The van der Waals surface area contributed by atoms with Crippen LogP contribution in [0.1, 0.15) is 16.8 Å². The Bertz CT molecular complexity index is 779. The molecule has 108 valence electrons. The fourth-order valence-corrected chi connectivity index (χ4v) is 2.24. The lowest BCUT2D eigenvalue weighted by molar-refractivity contribution is 0.0952. The zero-order chi connectivity index (χ0) is 14.8. The van der Waals surface area contributed by atoms with E-state index in [-0.39, 0.29) is 19.7 Å². The number of H-pyrrole nitrogens is 2. The average Bonchev–Trinajstić information content (AvgIpc) is 2.90. The predicted octanol–water partition coefficient (Wildman–Crippen LogP) is 0.716. The third-order valence-corrected chi connectivity index (χ3v) is 3.29. The van der Waals surface area contributed by atoms with Crippen LogP contribution < -0.4 is 11.2 Å². The van der Waals surface area contributed by atoms with Crippen LogP contribution in [0, 0.1) is 0 Å². The van der Waals surface area contributed by atoms with Crippen LogP contribution in [0.15, 0.2) is 39.9 Å². The first kappa shape index (κ1) is 13.2. The molecule has 0 saturated carbocycles. The van der Waals surface area contributed by atoms with E-state index in [0.717, 1.165) is 5.56 Å². The first-order chi connectivity index (χ1) is 10.1. The highest BCUT2D eigenvalue weighted by Crippen LogP contribution is 2.17. The number of aromatic amines is 2. The summed E-state index contributed by atoms with van der Waals surface area (Å²) in [7, 11) is 0. The lowest BCUT2D eigenvalue weighted by Crippen LogP contribution is -2.27. The average molecular weight is 287 g/mol. The third-order valence-electron chi connectivity index (χ3n) is 3.29. The van der Waals surface area contributed by atoms with Gasteiger partial charge in [-0.25, -0.2) is 9.59 Å². The number of amides is 1. The van der Waals surface area contributed by atoms with Gasteiger partial charge in [0.15, 0.2) is 0 Å². The Morgan fingerprint density at radius 2 is 1.90 bits per heavy atom. The highest BCUT2D eigenvalue weighted by Gasteiger charge is 2.27. The van der Waals surface area contributed by atoms with Gasteiger partial charge in [-0.1, -0.05) is 30.3 Å². The van der Waals surface area contributed by atoms with E-state index in [4.69, 9.17) is 4.74 Å². The van der Waals surface area contributed by atoms with Gasteiger partial charge in [0.2, 0.25) is 0 Å². The molecule has 2 N–H and O–H groups in total. The standard InChI is InChI=1S/C14H13N3O4/c18-12-10-6-17(7-11(10)15-13(19)16-12)14(20)21-8-9-4-2-1-3-5-9/h1-5H,6-8H2,(H2,15,16,18,19). The Morgan fingerprint density at radius 1 is 1.14 bits per heavy atom. The van der Waals surface area contributed by atoms with Gasteiger partial charge in [0.05, 0.1) is 18.7 Å². The van der Waals surface area contributed by atoms with Gasteiger partial charge < -0.3 is 9.72 Å². The Labute approximate surface area is 119 Å². The summed E-state index contributed by atoms with van der Waals surface area (Å²) in [5, 5.41) is 0. The van der Waals surface area contributed by atoms with Crippen LogP contribution in [0.4, 0.5) is 4.79 Å². The van der Waals surface area contributed by atoms with Crippen LogP contribution in [0.25, 0.3) is 0 Å². The van der Waals surface area contributed by atoms with Crippen molar-refractivity contribution in [1.29, 1.82) is 0 Å². The van der Waals surface area contributed by atoms with E-state index >= 15 is 0 Å². The maximum atomic E-state index is 12.0. The number of carbonyl (C=O) groups excluding carboxylic acids is 1. The van der Waals surface area contributed by atoms with E-state index in [0.29, 0.717) is 11.3 Å². The molecule has 1 aliphatic rings. The van der Waals surface area contributed by atoms with E-state index in [1.54, 1.807) is 0 Å². The second-order valence-electron chi connectivity index (χ2n) is 4.76. The number of rotatable bonds is 2. The van der Waals surface area contributed by atoms with Crippen LogP contribution >= 0.6 is 0 Å². The molecule has 1 aliphatic heterocycles. The van der Waals surface area contributed by atoms with E-state index in [1.165, 1.54) is 4.90 Å². The quantitative estimate of drug-likeness (QED) is 0.850. The minimum Gasteiger partial charge on any atom is -0.445 e. The van der Waals surface area contributed by atoms with Gasteiger partial charge in [0, 0.05) is 5.69 Å². The Kier molecular flexibility index (Phi) is 3.31. The number of nitrogens with zero attached hydrogens (tertiary/aromatic N) is 1. The molecule has 0 unspecified atom stereocenters. The van der Waals surface area contributed by atoms with E-state index < -0.39 is 17.3 Å². The van der Waals surface area contributed by atoms with Crippen molar-refractivity contribution < 1.29 is 9.53 Å². The molecule has 7 nitrogen and oxygen atoms in total. The van der Waals surface area contributed by atoms with Crippen LogP contribution in [0.5, 0.6) is 0 Å². The molecule has 0 bridgehead atoms. The van der Waals surface area contributed by atoms with Crippen molar-refractivity contribution in [2.24, 2.45) is 0 Å². The molecule has 7 heteroatoms. The SMILES string of the molecule is O=C(OCc1ccccc1)N1Cc2[nH]c(=O)[nH]c(=O)c2C1. The molecule has 2 heterocycles. The number of fused-ring (bicyclic) bond motifs is 1. The van der Waals surface area contributed by atoms with Crippen molar-refractivity contribution in [1.82, 2.24) is 14.9 Å². The topological polar surface area (TPSA) is 95.3 Å². The third kappa shape index (κ3) is 2.71. The molecule has 0 spiro atoms. The Hall–Kier alpha value is -2.83. The fourth-order valence-electron chi connectivity index (χ4n) is 2.24. The summed E-state index contributed by atoms with van der Waals surface area (Å²) in [6.07, 6.45) is -0.518. The molecule has 1 aromatic carbocycles. The lowest BCUT2D eigenvalue weighted by Gasteiger charge is -2.14. The smallest absolute Gasteiger partial charge is 0.410 e. The number of carbonyl (C=O) groups is 1. The summed E-state index contributed by atoms with van der Waals surface area (Å²) in [4.78, 5) is 40.8. The zero-order valence-corrected chi connectivity index (χ0v) is 11.1. The summed E-state index contributed by atoms with van der Waals surface area (Å²) < 4.78 is 5.20. The van der Waals surface area contributed by atoms with Crippen LogP contribution in [0.2, 0.25) is 0 Å². The number of nitrogens with one attached hydrogen (secondary N) is 2. The molecule has 0 atom stereocenters. The molecular formula is C14H13N3O4. The molecule has 2 aromatic rings. The van der Waals surface area contributed by atoms with Crippen LogP contribution in [-0.2, 0) is 24.4 Å². The van der Waals surface area contributed by atoms with Crippen molar-refractivity contribution in [3.8, 4) is 0 Å². The summed E-state index contributed by atoms with van der Waals surface area (Å²) in [5.41, 5.74) is 0.700. The molecule has 0 aliphatic carbocycles. The molecule has 0 saturated heterocycles. The highest BCUT2D eigenvalue weighted by atomic mass is 16.6. The summed E-state index contributed by atoms with van der Waals surface area (Å²) in [5.74, 6) is 0. The number of benzene rings is 1. The molecule has 0 fully saturated rings. The fraction of sp³-hybridized carbons (Fsp3) is 0.214. The molecule has 21 heavy (non-hydrogen) atoms. The monoisotopic (exact) mass is 287 g/mol. The first-order valence-corrected chi connectivity index (χ1v) is 6.43. The van der Waals surface area contributed by atoms with Gasteiger partial charge in [-0.05, 0) is 5.56 Å². The number of hydrogen-bond donors (Lipinski definition) is 2. The van der Waals surface area contributed by atoms with Crippen molar-refractivity contribution in [2.75, 3.05) is 0 Å². The van der Waals surface area contributed by atoms with Crippen molar-refractivity contribution >= 4 is 6.09 Å². The van der Waals surface area contributed by atoms with Gasteiger partial charge in [-0.3, -0.25) is 14.7 Å². The molecule has 0 radical (unpaired) electrons. The first-order valence-electron chi connectivity index (χ1n) is 6.43. The largest absolute Gasteiger partial charge is 0.445 e. The van der Waals surface area contributed by atoms with Gasteiger partial charge >= 0.3 is 11.8 Å². The van der Waals surface area contributed by atoms with Gasteiger partial charge in [0.1, 0.15) is 6.61 Å². The van der Waals surface area contributed by atoms with Crippen LogP contribution in [-0.4, -0.2) is 21.0 Å². The highest BCUT2D eigenvalue weighted by molar-refractivity contribution is 5.68. The lowest BCUT2D eigenvalue weighted by atomic mass is 10.2. The molecular weight excluding hydrogens is 274 g/mol. The van der Waals surface area contributed by atoms with Gasteiger partial charge in [0.25, 0.3) is 5.56 Å². The minimum absolute atomic E-state index is 0.134. The van der Waals surface area contributed by atoms with Crippen LogP contribution in [0.3, 0.4) is 0 Å². The maximum Gasteiger partial charge on any atom is 0.410 e. The normalized spacial score (nSPS) is 13.0. The van der Waals surface area contributed by atoms with Crippen molar-refractivity contribution in [3.05, 3.63) is 68.0 Å². The summed E-state index contributed by atoms with van der Waals surface area (Å²) in [6, 6.07) is 9.31. The second-order valence-corrected chi connectivity index (χ2v) is 4.76. The minimum atomic E-state index is -0.571. The molecule has 1 aromatic heterocycles. The zero-order valence-electron chi connectivity index (χ0n) is 11.1. The number of hydrogen-bond acceptors (Lipinski definition) is 4. The van der Waals surface area contributed by atoms with Gasteiger partial charge in [-0.15, -0.1) is 0 Å².